The van der Waals surface area contributed by atoms with Gasteiger partial charge in [-0.15, -0.1) is 0 Å². The summed E-state index contributed by atoms with van der Waals surface area (Å²) in [6, 6.07) is 7.60. The molecule has 1 aliphatic heterocycles. The molecule has 0 unspecified atom stereocenters. The van der Waals surface area contributed by atoms with E-state index >= 15 is 0 Å². The van der Waals surface area contributed by atoms with Crippen LogP contribution in [-0.2, 0) is 4.74 Å². The molecule has 0 bridgehead atoms. The number of nitrogens with two attached hydrogens (primary N) is 1. The first-order valence-electron chi connectivity index (χ1n) is 6.50. The molecule has 0 spiro atoms. The van der Waals surface area contributed by atoms with Crippen molar-refractivity contribution in [1.29, 1.82) is 5.26 Å². The van der Waals surface area contributed by atoms with Crippen molar-refractivity contribution >= 4 is 11.4 Å². The van der Waals surface area contributed by atoms with Crippen LogP contribution >= 0.6 is 0 Å². The van der Waals surface area contributed by atoms with Crippen molar-refractivity contribution in [3.05, 3.63) is 23.8 Å². The number of rotatable bonds is 4. The van der Waals surface area contributed by atoms with E-state index in [9.17, 15) is 0 Å². The van der Waals surface area contributed by atoms with Crippen molar-refractivity contribution in [3.63, 3.8) is 0 Å². The van der Waals surface area contributed by atoms with Gasteiger partial charge in [0.2, 0.25) is 0 Å². The monoisotopic (exact) mass is 260 g/mol. The molecule has 0 atom stereocenters. The Balaban J connectivity index is 1.99. The highest BCUT2D eigenvalue weighted by molar-refractivity contribution is 5.69. The molecule has 0 aromatic heterocycles. The standard InChI is InChI=1S/C14H20N4O/c1-19-9-8-17-4-6-18(7-5-17)14-10-12(11-15)2-3-13(14)16/h2-3,10H,4-9,16H2,1H3. The molecule has 0 amide bonds. The van der Waals surface area contributed by atoms with Crippen LogP contribution in [0.4, 0.5) is 11.4 Å². The molecule has 1 aromatic carbocycles. The minimum Gasteiger partial charge on any atom is -0.397 e. The lowest BCUT2D eigenvalue weighted by Gasteiger charge is -2.36. The summed E-state index contributed by atoms with van der Waals surface area (Å²) in [5, 5.41) is 8.96. The highest BCUT2D eigenvalue weighted by Crippen LogP contribution is 2.25. The molecule has 102 valence electrons. The fraction of sp³-hybridized carbons (Fsp3) is 0.500. The van der Waals surface area contributed by atoms with E-state index < -0.39 is 0 Å². The molecular formula is C14H20N4O. The van der Waals surface area contributed by atoms with Gasteiger partial charge < -0.3 is 15.4 Å². The molecule has 1 fully saturated rings. The van der Waals surface area contributed by atoms with Crippen LogP contribution in [0, 0.1) is 11.3 Å². The van der Waals surface area contributed by atoms with E-state index in [-0.39, 0.29) is 0 Å². The van der Waals surface area contributed by atoms with E-state index in [0.717, 1.165) is 50.7 Å². The summed E-state index contributed by atoms with van der Waals surface area (Å²) in [5.41, 5.74) is 8.38. The Morgan fingerprint density at radius 1 is 1.32 bits per heavy atom. The van der Waals surface area contributed by atoms with Gasteiger partial charge in [-0.1, -0.05) is 0 Å². The Morgan fingerprint density at radius 3 is 2.68 bits per heavy atom. The number of methoxy groups -OCH3 is 1. The molecule has 19 heavy (non-hydrogen) atoms. The van der Waals surface area contributed by atoms with Gasteiger partial charge in [0.05, 0.1) is 29.6 Å². The highest BCUT2D eigenvalue weighted by Gasteiger charge is 2.18. The van der Waals surface area contributed by atoms with Crippen LogP contribution in [0.15, 0.2) is 18.2 Å². The third kappa shape index (κ3) is 3.37. The van der Waals surface area contributed by atoms with E-state index in [2.05, 4.69) is 15.9 Å². The molecule has 0 radical (unpaired) electrons. The zero-order valence-electron chi connectivity index (χ0n) is 11.3. The molecule has 2 N–H and O–H groups in total. The maximum absolute atomic E-state index is 8.96. The fourth-order valence-electron chi connectivity index (χ4n) is 2.32. The van der Waals surface area contributed by atoms with Crippen molar-refractivity contribution in [2.45, 2.75) is 0 Å². The summed E-state index contributed by atoms with van der Waals surface area (Å²) >= 11 is 0. The lowest BCUT2D eigenvalue weighted by atomic mass is 10.1. The van der Waals surface area contributed by atoms with Gasteiger partial charge in [0.15, 0.2) is 0 Å². The summed E-state index contributed by atoms with van der Waals surface area (Å²) in [6.07, 6.45) is 0. The number of nitriles is 1. The van der Waals surface area contributed by atoms with Gasteiger partial charge in [0.1, 0.15) is 0 Å². The van der Waals surface area contributed by atoms with Crippen molar-refractivity contribution in [2.75, 3.05) is 57.1 Å². The van der Waals surface area contributed by atoms with E-state index in [1.165, 1.54) is 0 Å². The number of nitrogen functional groups attached to an aromatic ring is 1. The Labute approximate surface area is 114 Å². The summed E-state index contributed by atoms with van der Waals surface area (Å²) in [6.45, 7) is 5.61. The van der Waals surface area contributed by atoms with Gasteiger partial charge in [-0.25, -0.2) is 0 Å². The number of hydrogen-bond donors (Lipinski definition) is 1. The van der Waals surface area contributed by atoms with E-state index in [4.69, 9.17) is 15.7 Å². The molecule has 2 rings (SSSR count). The molecule has 1 aliphatic rings. The normalized spacial score (nSPS) is 16.3. The van der Waals surface area contributed by atoms with E-state index in [0.29, 0.717) is 5.56 Å². The summed E-state index contributed by atoms with van der Waals surface area (Å²) in [5.74, 6) is 0. The summed E-state index contributed by atoms with van der Waals surface area (Å²) in [7, 11) is 1.73. The molecule has 0 aliphatic carbocycles. The molecule has 5 nitrogen and oxygen atoms in total. The van der Waals surface area contributed by atoms with Crippen LogP contribution in [-0.4, -0.2) is 51.3 Å². The number of piperazine rings is 1. The Bertz CT molecular complexity index is 461. The van der Waals surface area contributed by atoms with Crippen molar-refractivity contribution in [1.82, 2.24) is 4.90 Å². The van der Waals surface area contributed by atoms with Crippen LogP contribution < -0.4 is 10.6 Å². The van der Waals surface area contributed by atoms with Crippen LogP contribution in [0.25, 0.3) is 0 Å². The predicted molar refractivity (Wildman–Crippen MR) is 76.1 cm³/mol. The van der Waals surface area contributed by atoms with Gasteiger partial charge in [0, 0.05) is 39.8 Å². The third-order valence-corrected chi connectivity index (χ3v) is 3.48. The fourth-order valence-corrected chi connectivity index (χ4v) is 2.32. The van der Waals surface area contributed by atoms with Crippen LogP contribution in [0.5, 0.6) is 0 Å². The lowest BCUT2D eigenvalue weighted by molar-refractivity contribution is 0.144. The van der Waals surface area contributed by atoms with E-state index in [1.54, 1.807) is 13.2 Å². The topological polar surface area (TPSA) is 65.5 Å². The molecular weight excluding hydrogens is 240 g/mol. The smallest absolute Gasteiger partial charge is 0.0992 e. The number of anilines is 2. The van der Waals surface area contributed by atoms with Crippen molar-refractivity contribution in [3.8, 4) is 6.07 Å². The quantitative estimate of drug-likeness (QED) is 0.815. The van der Waals surface area contributed by atoms with Gasteiger partial charge in [-0.05, 0) is 18.2 Å². The maximum Gasteiger partial charge on any atom is 0.0992 e. The average molecular weight is 260 g/mol. The maximum atomic E-state index is 8.96. The van der Waals surface area contributed by atoms with Crippen molar-refractivity contribution < 1.29 is 4.74 Å². The SMILES string of the molecule is COCCN1CCN(c2cc(C#N)ccc2N)CC1. The minimum absolute atomic E-state index is 0.658. The Kier molecular flexibility index (Phi) is 4.61. The van der Waals surface area contributed by atoms with Crippen molar-refractivity contribution in [2.24, 2.45) is 0 Å². The lowest BCUT2D eigenvalue weighted by Crippen LogP contribution is -2.47. The first kappa shape index (κ1) is 13.7. The second-order valence-corrected chi connectivity index (χ2v) is 4.71. The van der Waals surface area contributed by atoms with Gasteiger partial charge in [0.25, 0.3) is 0 Å². The number of benzene rings is 1. The minimum atomic E-state index is 0.658. The first-order chi connectivity index (χ1) is 9.24. The summed E-state index contributed by atoms with van der Waals surface area (Å²) in [4.78, 5) is 4.63. The predicted octanol–water partition coefficient (Wildman–Crippen LogP) is 0.909. The average Bonchev–Trinajstić information content (AvgIpc) is 2.46. The van der Waals surface area contributed by atoms with Crippen LogP contribution in [0.3, 0.4) is 0 Å². The third-order valence-electron chi connectivity index (χ3n) is 3.48. The highest BCUT2D eigenvalue weighted by atomic mass is 16.5. The number of ether oxygens (including phenoxy) is 1. The first-order valence-corrected chi connectivity index (χ1v) is 6.50. The Hall–Kier alpha value is -1.77. The largest absolute Gasteiger partial charge is 0.397 e. The second kappa shape index (κ2) is 6.41. The van der Waals surface area contributed by atoms with E-state index in [1.807, 2.05) is 12.1 Å². The van der Waals surface area contributed by atoms with Crippen LogP contribution in [0.2, 0.25) is 0 Å². The van der Waals surface area contributed by atoms with Gasteiger partial charge in [-0.3, -0.25) is 4.90 Å². The molecule has 1 saturated heterocycles. The van der Waals surface area contributed by atoms with Crippen LogP contribution in [0.1, 0.15) is 5.56 Å². The number of nitrogens with zero attached hydrogens (tertiary/aromatic N) is 3. The molecule has 1 aromatic rings. The summed E-state index contributed by atoms with van der Waals surface area (Å²) < 4.78 is 5.09. The number of hydrogen-bond acceptors (Lipinski definition) is 5. The zero-order valence-corrected chi connectivity index (χ0v) is 11.3. The zero-order chi connectivity index (χ0) is 13.7. The molecule has 1 heterocycles. The Morgan fingerprint density at radius 2 is 2.05 bits per heavy atom. The van der Waals surface area contributed by atoms with Gasteiger partial charge >= 0.3 is 0 Å². The van der Waals surface area contributed by atoms with Gasteiger partial charge in [-0.2, -0.15) is 5.26 Å². The second-order valence-electron chi connectivity index (χ2n) is 4.71. The molecule has 0 saturated carbocycles. The molecule has 5 heteroatoms.